The minimum atomic E-state index is -0.548. The van der Waals surface area contributed by atoms with Gasteiger partial charge in [-0.25, -0.2) is 8.78 Å². The molecule has 106 valence electrons. The molecule has 0 nitrogen and oxygen atoms in total. The number of rotatable bonds is 3. The summed E-state index contributed by atoms with van der Waals surface area (Å²) in [5.74, 6) is -1.10. The van der Waals surface area contributed by atoms with Crippen molar-refractivity contribution >= 4 is 26.7 Å². The third kappa shape index (κ3) is 3.30. The molecular formula is C18H13BrF2. The second kappa shape index (κ2) is 5.94. The van der Waals surface area contributed by atoms with Gasteiger partial charge >= 0.3 is 0 Å². The molecule has 0 saturated heterocycles. The molecule has 0 fully saturated rings. The molecule has 1 atom stereocenters. The molecule has 0 aliphatic rings. The molecule has 0 spiro atoms. The summed E-state index contributed by atoms with van der Waals surface area (Å²) in [4.78, 5) is -0.121. The van der Waals surface area contributed by atoms with Crippen LogP contribution >= 0.6 is 15.9 Å². The highest BCUT2D eigenvalue weighted by atomic mass is 79.9. The fraction of sp³-hybridized carbons (Fsp3) is 0.111. The van der Waals surface area contributed by atoms with Gasteiger partial charge in [-0.15, -0.1) is 0 Å². The quantitative estimate of drug-likeness (QED) is 0.526. The summed E-state index contributed by atoms with van der Waals surface area (Å²) in [6, 6.07) is 18.0. The van der Waals surface area contributed by atoms with Crippen molar-refractivity contribution < 1.29 is 8.78 Å². The lowest BCUT2D eigenvalue weighted by Gasteiger charge is -2.11. The SMILES string of the molecule is Fc1cc(F)cc(C(Br)Cc2ccc3ccccc3c2)c1. The Morgan fingerprint density at radius 2 is 1.48 bits per heavy atom. The van der Waals surface area contributed by atoms with E-state index in [1.807, 2.05) is 18.2 Å². The minimum Gasteiger partial charge on any atom is -0.207 e. The molecular weight excluding hydrogens is 334 g/mol. The van der Waals surface area contributed by atoms with Crippen LogP contribution in [0.1, 0.15) is 16.0 Å². The Kier molecular flexibility index (Phi) is 4.02. The molecule has 0 aromatic heterocycles. The molecule has 0 saturated carbocycles. The molecule has 0 amide bonds. The number of halogens is 3. The van der Waals surface area contributed by atoms with Crippen LogP contribution in [0, 0.1) is 11.6 Å². The van der Waals surface area contributed by atoms with Crippen molar-refractivity contribution in [3.8, 4) is 0 Å². The molecule has 3 aromatic rings. The van der Waals surface area contributed by atoms with Crippen molar-refractivity contribution in [2.75, 3.05) is 0 Å². The minimum absolute atomic E-state index is 0.121. The van der Waals surface area contributed by atoms with E-state index in [0.717, 1.165) is 11.6 Å². The third-order valence-corrected chi connectivity index (χ3v) is 4.33. The summed E-state index contributed by atoms with van der Waals surface area (Å²) in [7, 11) is 0. The molecule has 0 N–H and O–H groups in total. The summed E-state index contributed by atoms with van der Waals surface area (Å²) in [5.41, 5.74) is 1.74. The zero-order chi connectivity index (χ0) is 14.8. The monoisotopic (exact) mass is 346 g/mol. The van der Waals surface area contributed by atoms with Crippen molar-refractivity contribution in [1.29, 1.82) is 0 Å². The van der Waals surface area contributed by atoms with E-state index in [9.17, 15) is 8.78 Å². The molecule has 0 bridgehead atoms. The highest BCUT2D eigenvalue weighted by Crippen LogP contribution is 2.29. The van der Waals surface area contributed by atoms with Crippen LogP contribution in [0.15, 0.2) is 60.7 Å². The zero-order valence-corrected chi connectivity index (χ0v) is 12.8. The van der Waals surface area contributed by atoms with Crippen LogP contribution in [-0.4, -0.2) is 0 Å². The van der Waals surface area contributed by atoms with Gasteiger partial charge in [-0.05, 0) is 40.5 Å². The summed E-state index contributed by atoms with van der Waals surface area (Å²) < 4.78 is 26.5. The Balaban J connectivity index is 1.86. The maximum absolute atomic E-state index is 13.3. The van der Waals surface area contributed by atoms with Gasteiger partial charge in [-0.1, -0.05) is 58.4 Å². The fourth-order valence-corrected chi connectivity index (χ4v) is 3.08. The Bertz CT molecular complexity index is 763. The number of fused-ring (bicyclic) bond motifs is 1. The van der Waals surface area contributed by atoms with Crippen molar-refractivity contribution in [3.05, 3.63) is 83.4 Å². The van der Waals surface area contributed by atoms with Gasteiger partial charge in [0.25, 0.3) is 0 Å². The maximum Gasteiger partial charge on any atom is 0.126 e. The first-order valence-electron chi connectivity index (χ1n) is 6.69. The first-order valence-corrected chi connectivity index (χ1v) is 7.61. The molecule has 0 radical (unpaired) electrons. The predicted molar refractivity (Wildman–Crippen MR) is 85.7 cm³/mol. The van der Waals surface area contributed by atoms with E-state index in [2.05, 4.69) is 40.2 Å². The van der Waals surface area contributed by atoms with Crippen LogP contribution < -0.4 is 0 Å². The lowest BCUT2D eigenvalue weighted by Crippen LogP contribution is -1.97. The third-order valence-electron chi connectivity index (χ3n) is 3.48. The van der Waals surface area contributed by atoms with Crippen LogP contribution in [0.2, 0.25) is 0 Å². The molecule has 21 heavy (non-hydrogen) atoms. The van der Waals surface area contributed by atoms with E-state index in [0.29, 0.717) is 12.0 Å². The summed E-state index contributed by atoms with van der Waals surface area (Å²) in [5, 5.41) is 2.35. The molecule has 0 aliphatic carbocycles. The van der Waals surface area contributed by atoms with E-state index >= 15 is 0 Å². The lowest BCUT2D eigenvalue weighted by molar-refractivity contribution is 0.579. The van der Waals surface area contributed by atoms with Crippen molar-refractivity contribution in [2.24, 2.45) is 0 Å². The van der Waals surface area contributed by atoms with E-state index in [1.165, 1.54) is 22.9 Å². The molecule has 3 aromatic carbocycles. The predicted octanol–water partition coefficient (Wildman–Crippen LogP) is 5.80. The Morgan fingerprint density at radius 3 is 2.19 bits per heavy atom. The summed E-state index contributed by atoms with van der Waals surface area (Å²) in [6.07, 6.45) is 0.674. The fourth-order valence-electron chi connectivity index (χ4n) is 2.45. The van der Waals surface area contributed by atoms with Crippen molar-refractivity contribution in [3.63, 3.8) is 0 Å². The number of alkyl halides is 1. The Labute approximate surface area is 130 Å². The first-order chi connectivity index (χ1) is 10.1. The normalized spacial score (nSPS) is 12.5. The number of hydrogen-bond donors (Lipinski definition) is 0. The van der Waals surface area contributed by atoms with Crippen LogP contribution in [0.5, 0.6) is 0 Å². The first kappa shape index (κ1) is 14.2. The van der Waals surface area contributed by atoms with Gasteiger partial charge in [0.2, 0.25) is 0 Å². The number of hydrogen-bond acceptors (Lipinski definition) is 0. The van der Waals surface area contributed by atoms with E-state index in [-0.39, 0.29) is 4.83 Å². The van der Waals surface area contributed by atoms with Gasteiger partial charge in [-0.3, -0.25) is 0 Å². The number of benzene rings is 3. The maximum atomic E-state index is 13.3. The Hall–Kier alpha value is -1.74. The van der Waals surface area contributed by atoms with Crippen LogP contribution in [0.25, 0.3) is 10.8 Å². The molecule has 1 unspecified atom stereocenters. The topological polar surface area (TPSA) is 0 Å². The molecule has 0 aliphatic heterocycles. The summed E-state index contributed by atoms with van der Waals surface area (Å²) >= 11 is 3.52. The van der Waals surface area contributed by atoms with Crippen LogP contribution in [0.3, 0.4) is 0 Å². The zero-order valence-electron chi connectivity index (χ0n) is 11.2. The average molecular weight is 347 g/mol. The molecule has 3 rings (SSSR count). The second-order valence-corrected chi connectivity index (χ2v) is 6.16. The Morgan fingerprint density at radius 1 is 0.810 bits per heavy atom. The summed E-state index contributed by atoms with van der Waals surface area (Å²) in [6.45, 7) is 0. The highest BCUT2D eigenvalue weighted by molar-refractivity contribution is 9.09. The van der Waals surface area contributed by atoms with Gasteiger partial charge in [-0.2, -0.15) is 0 Å². The van der Waals surface area contributed by atoms with Crippen LogP contribution in [-0.2, 0) is 6.42 Å². The standard InChI is InChI=1S/C18H13BrF2/c19-18(15-9-16(20)11-17(21)10-15)8-12-5-6-13-3-1-2-4-14(13)7-12/h1-7,9-11,18H,8H2. The van der Waals surface area contributed by atoms with E-state index in [4.69, 9.17) is 0 Å². The largest absolute Gasteiger partial charge is 0.207 e. The van der Waals surface area contributed by atoms with Gasteiger partial charge in [0.15, 0.2) is 0 Å². The molecule has 3 heteroatoms. The lowest BCUT2D eigenvalue weighted by atomic mass is 10.0. The smallest absolute Gasteiger partial charge is 0.126 e. The highest BCUT2D eigenvalue weighted by Gasteiger charge is 2.11. The van der Waals surface area contributed by atoms with Gasteiger partial charge < -0.3 is 0 Å². The van der Waals surface area contributed by atoms with E-state index in [1.54, 1.807) is 0 Å². The van der Waals surface area contributed by atoms with E-state index < -0.39 is 11.6 Å². The van der Waals surface area contributed by atoms with Crippen molar-refractivity contribution in [1.82, 2.24) is 0 Å². The molecule has 0 heterocycles. The van der Waals surface area contributed by atoms with Gasteiger partial charge in [0.1, 0.15) is 11.6 Å². The second-order valence-electron chi connectivity index (χ2n) is 5.06. The van der Waals surface area contributed by atoms with Crippen LogP contribution in [0.4, 0.5) is 8.78 Å². The van der Waals surface area contributed by atoms with Gasteiger partial charge in [0.05, 0.1) is 0 Å². The average Bonchev–Trinajstić information content (AvgIpc) is 2.46. The van der Waals surface area contributed by atoms with Gasteiger partial charge in [0, 0.05) is 10.9 Å². The van der Waals surface area contributed by atoms with Crippen molar-refractivity contribution in [2.45, 2.75) is 11.2 Å².